The largest absolute Gasteiger partial charge is 0.390 e. The van der Waals surface area contributed by atoms with Gasteiger partial charge in [0.05, 0.1) is 6.42 Å². The van der Waals surface area contributed by atoms with Gasteiger partial charge in [-0.2, -0.15) is 24.9 Å². The summed E-state index contributed by atoms with van der Waals surface area (Å²) in [6, 6.07) is 8.38. The van der Waals surface area contributed by atoms with Gasteiger partial charge in [0, 0.05) is 31.6 Å². The first-order valence-corrected chi connectivity index (χ1v) is 8.21. The highest BCUT2D eigenvalue weighted by Crippen LogP contribution is 2.18. The minimum Gasteiger partial charge on any atom is -0.356 e. The van der Waals surface area contributed by atoms with Crippen LogP contribution in [0.25, 0.3) is 0 Å². The second-order valence-electron chi connectivity index (χ2n) is 4.83. The van der Waals surface area contributed by atoms with Gasteiger partial charge in [0.1, 0.15) is 0 Å². The Morgan fingerprint density at radius 2 is 1.74 bits per heavy atom. The predicted molar refractivity (Wildman–Crippen MR) is 103 cm³/mol. The number of halogens is 4. The maximum absolute atomic E-state index is 12.0. The molecule has 0 aliphatic rings. The van der Waals surface area contributed by atoms with Crippen LogP contribution in [0.3, 0.4) is 0 Å². The molecule has 132 valence electrons. The van der Waals surface area contributed by atoms with Crippen molar-refractivity contribution in [2.45, 2.75) is 25.3 Å². The van der Waals surface area contributed by atoms with Gasteiger partial charge >= 0.3 is 6.18 Å². The predicted octanol–water partition coefficient (Wildman–Crippen LogP) is 3.96. The Bertz CT molecular complexity index is 464. The quantitative estimate of drug-likeness (QED) is 0.279. The summed E-state index contributed by atoms with van der Waals surface area (Å²) in [4.78, 5) is 3.89. The van der Waals surface area contributed by atoms with E-state index in [0.29, 0.717) is 12.5 Å². The summed E-state index contributed by atoms with van der Waals surface area (Å²) in [6.07, 6.45) is -5.01. The van der Waals surface area contributed by atoms with Crippen LogP contribution in [0.2, 0.25) is 0 Å². The Balaban J connectivity index is 0.00000484. The Kier molecular flexibility index (Phi) is 11.5. The summed E-state index contributed by atoms with van der Waals surface area (Å²) in [6.45, 7) is 2.54. The van der Waals surface area contributed by atoms with Crippen LogP contribution in [-0.4, -0.2) is 38.0 Å². The van der Waals surface area contributed by atoms with Gasteiger partial charge in [0.2, 0.25) is 0 Å². The van der Waals surface area contributed by atoms with Gasteiger partial charge < -0.3 is 10.6 Å². The molecule has 0 radical (unpaired) electrons. The summed E-state index contributed by atoms with van der Waals surface area (Å²) in [5, 5.41) is 5.65. The first-order chi connectivity index (χ1) is 10.4. The molecule has 3 nitrogen and oxygen atoms in total. The number of thioether (sulfide) groups is 1. The minimum absolute atomic E-state index is 0. The zero-order valence-corrected chi connectivity index (χ0v) is 16.4. The van der Waals surface area contributed by atoms with Crippen LogP contribution in [-0.2, 0) is 5.75 Å². The molecule has 2 N–H and O–H groups in total. The zero-order valence-electron chi connectivity index (χ0n) is 13.2. The van der Waals surface area contributed by atoms with Crippen LogP contribution >= 0.6 is 35.7 Å². The number of guanidine groups is 1. The molecule has 0 spiro atoms. The summed E-state index contributed by atoms with van der Waals surface area (Å²) in [5.74, 6) is 2.18. The number of alkyl halides is 3. The van der Waals surface area contributed by atoms with Crippen molar-refractivity contribution in [3.05, 3.63) is 35.4 Å². The lowest BCUT2D eigenvalue weighted by atomic mass is 10.2. The average molecular weight is 461 g/mol. The Labute approximate surface area is 156 Å². The van der Waals surface area contributed by atoms with Gasteiger partial charge in [-0.25, -0.2) is 0 Å². The van der Waals surface area contributed by atoms with Gasteiger partial charge in [-0.3, -0.25) is 4.99 Å². The van der Waals surface area contributed by atoms with Crippen LogP contribution in [0, 0.1) is 6.92 Å². The Hall–Kier alpha value is -0.640. The van der Waals surface area contributed by atoms with Crippen molar-refractivity contribution in [2.75, 3.05) is 25.9 Å². The van der Waals surface area contributed by atoms with E-state index in [9.17, 15) is 13.2 Å². The van der Waals surface area contributed by atoms with Crippen molar-refractivity contribution in [3.8, 4) is 0 Å². The lowest BCUT2D eigenvalue weighted by Crippen LogP contribution is -2.39. The van der Waals surface area contributed by atoms with Crippen molar-refractivity contribution < 1.29 is 13.2 Å². The molecule has 0 aromatic heterocycles. The minimum atomic E-state index is -4.14. The number of hydrogen-bond donors (Lipinski definition) is 2. The maximum atomic E-state index is 12.0. The summed E-state index contributed by atoms with van der Waals surface area (Å²) in [5.41, 5.74) is 2.51. The van der Waals surface area contributed by atoms with Gasteiger partial charge in [-0.05, 0) is 12.5 Å². The normalized spacial score (nSPS) is 11.8. The van der Waals surface area contributed by atoms with Crippen molar-refractivity contribution in [1.29, 1.82) is 0 Å². The second kappa shape index (κ2) is 11.8. The number of rotatable bonds is 7. The highest BCUT2D eigenvalue weighted by Gasteiger charge is 2.26. The number of nitrogens with zero attached hydrogens (tertiary/aromatic N) is 1. The molecule has 0 saturated heterocycles. The van der Waals surface area contributed by atoms with Gasteiger partial charge in [-0.1, -0.05) is 29.8 Å². The lowest BCUT2D eigenvalue weighted by molar-refractivity contribution is -0.132. The van der Waals surface area contributed by atoms with E-state index >= 15 is 0 Å². The fourth-order valence-electron chi connectivity index (χ4n) is 1.66. The van der Waals surface area contributed by atoms with Crippen LogP contribution in [0.4, 0.5) is 13.2 Å². The Morgan fingerprint density at radius 3 is 2.30 bits per heavy atom. The summed E-state index contributed by atoms with van der Waals surface area (Å²) in [7, 11) is 1.54. The number of hydrogen-bond acceptors (Lipinski definition) is 2. The molecule has 8 heteroatoms. The summed E-state index contributed by atoms with van der Waals surface area (Å²) < 4.78 is 36.1. The number of aliphatic imine (C=N–C) groups is 1. The van der Waals surface area contributed by atoms with E-state index in [0.717, 1.165) is 11.5 Å². The monoisotopic (exact) mass is 461 g/mol. The first-order valence-electron chi connectivity index (χ1n) is 7.05. The third-order valence-corrected chi connectivity index (χ3v) is 3.88. The molecule has 0 bridgehead atoms. The van der Waals surface area contributed by atoms with Gasteiger partial charge in [0.25, 0.3) is 0 Å². The summed E-state index contributed by atoms with van der Waals surface area (Å²) >= 11 is 1.77. The molecule has 1 aromatic rings. The number of nitrogens with one attached hydrogen (secondary N) is 2. The van der Waals surface area contributed by atoms with Crippen molar-refractivity contribution in [2.24, 2.45) is 4.99 Å². The van der Waals surface area contributed by atoms with Crippen molar-refractivity contribution in [1.82, 2.24) is 10.6 Å². The van der Waals surface area contributed by atoms with Gasteiger partial charge in [0.15, 0.2) is 5.96 Å². The molecule has 1 aromatic carbocycles. The fraction of sp³-hybridized carbons (Fsp3) is 0.533. The molecule has 0 saturated carbocycles. The smallest absolute Gasteiger partial charge is 0.356 e. The molecule has 1 rings (SSSR count). The standard InChI is InChI=1S/C15H22F3N3S.HI/c1-12-3-5-13(6-4-12)11-22-10-9-21-14(19-2)20-8-7-15(16,17)18;/h3-6H,7-11H2,1-2H3,(H2,19,20,21);1H. The average Bonchev–Trinajstić information content (AvgIpc) is 2.45. The molecule has 0 atom stereocenters. The second-order valence-corrected chi connectivity index (χ2v) is 5.93. The molecule has 0 fully saturated rings. The Morgan fingerprint density at radius 1 is 1.13 bits per heavy atom. The molecule has 0 aliphatic carbocycles. The van der Waals surface area contributed by atoms with Crippen LogP contribution in [0.15, 0.2) is 29.3 Å². The molecule has 23 heavy (non-hydrogen) atoms. The van der Waals surface area contributed by atoms with E-state index in [2.05, 4.69) is 46.8 Å². The van der Waals surface area contributed by atoms with Gasteiger partial charge in [-0.15, -0.1) is 24.0 Å². The van der Waals surface area contributed by atoms with E-state index in [4.69, 9.17) is 0 Å². The SMILES string of the molecule is CN=C(NCCSCc1ccc(C)cc1)NCCC(F)(F)F.I. The van der Waals surface area contributed by atoms with E-state index in [1.807, 2.05) is 0 Å². The van der Waals surface area contributed by atoms with Crippen LogP contribution in [0.5, 0.6) is 0 Å². The van der Waals surface area contributed by atoms with E-state index in [1.54, 1.807) is 18.8 Å². The van der Waals surface area contributed by atoms with E-state index < -0.39 is 12.6 Å². The van der Waals surface area contributed by atoms with Crippen molar-refractivity contribution in [3.63, 3.8) is 0 Å². The first kappa shape index (κ1) is 22.4. The maximum Gasteiger partial charge on any atom is 0.390 e. The molecule has 0 heterocycles. The van der Waals surface area contributed by atoms with E-state index in [-0.39, 0.29) is 30.5 Å². The third-order valence-electron chi connectivity index (χ3n) is 2.85. The lowest BCUT2D eigenvalue weighted by Gasteiger charge is -2.12. The third kappa shape index (κ3) is 11.5. The highest BCUT2D eigenvalue weighted by molar-refractivity contribution is 14.0. The molecule has 0 unspecified atom stereocenters. The van der Waals surface area contributed by atoms with Crippen LogP contribution in [0.1, 0.15) is 17.5 Å². The number of aryl methyl sites for hydroxylation is 1. The van der Waals surface area contributed by atoms with E-state index in [1.165, 1.54) is 11.1 Å². The fourth-order valence-corrected chi connectivity index (χ4v) is 2.48. The number of benzene rings is 1. The molecular formula is C15H23F3IN3S. The van der Waals surface area contributed by atoms with Crippen molar-refractivity contribution >= 4 is 41.7 Å². The highest BCUT2D eigenvalue weighted by atomic mass is 127. The van der Waals surface area contributed by atoms with Crippen LogP contribution < -0.4 is 10.6 Å². The zero-order chi connectivity index (χ0) is 16.4. The topological polar surface area (TPSA) is 36.4 Å². The molecular weight excluding hydrogens is 438 g/mol. The molecule has 0 amide bonds. The molecule has 0 aliphatic heterocycles.